The molecule has 5 aromatic rings. The van der Waals surface area contributed by atoms with Crippen molar-refractivity contribution in [1.29, 1.82) is 0 Å². The minimum absolute atomic E-state index is 0.375. The van der Waals surface area contributed by atoms with Gasteiger partial charge < -0.3 is 10.3 Å². The van der Waals surface area contributed by atoms with Gasteiger partial charge in [-0.3, -0.25) is 5.10 Å². The van der Waals surface area contributed by atoms with E-state index in [2.05, 4.69) is 35.6 Å². The van der Waals surface area contributed by atoms with Crippen LogP contribution in [0.25, 0.3) is 33.7 Å². The molecule has 2 aromatic carbocycles. The minimum atomic E-state index is -0.375. The number of aryl methyl sites for hydroxylation is 2. The first-order valence-electron chi connectivity index (χ1n) is 10.5. The van der Waals surface area contributed by atoms with E-state index in [4.69, 9.17) is 0 Å². The van der Waals surface area contributed by atoms with Gasteiger partial charge in [0.1, 0.15) is 11.6 Å². The van der Waals surface area contributed by atoms with Crippen molar-refractivity contribution in [3.05, 3.63) is 59.8 Å². The Balaban J connectivity index is 1.33. The summed E-state index contributed by atoms with van der Waals surface area (Å²) in [6, 6.07) is 9.01. The van der Waals surface area contributed by atoms with Crippen LogP contribution in [0.5, 0.6) is 0 Å². The summed E-state index contributed by atoms with van der Waals surface area (Å²) in [4.78, 5) is 11.9. The Kier molecular flexibility index (Phi) is 4.11. The Morgan fingerprint density at radius 1 is 1.16 bits per heavy atom. The maximum absolute atomic E-state index is 14.8. The summed E-state index contributed by atoms with van der Waals surface area (Å²) in [5.41, 5.74) is 5.18. The van der Waals surface area contributed by atoms with Crippen molar-refractivity contribution in [1.82, 2.24) is 34.9 Å². The number of hydrogen-bond acceptors (Lipinski definition) is 5. The monoisotopic (exact) mass is 428 g/mol. The number of rotatable bonds is 5. The van der Waals surface area contributed by atoms with E-state index in [1.54, 1.807) is 16.9 Å². The van der Waals surface area contributed by atoms with Crippen LogP contribution in [-0.4, -0.2) is 34.9 Å². The molecule has 1 fully saturated rings. The maximum Gasteiger partial charge on any atom is 0.225 e. The van der Waals surface area contributed by atoms with Crippen molar-refractivity contribution in [3.8, 4) is 22.8 Å². The Labute approximate surface area is 182 Å². The predicted molar refractivity (Wildman–Crippen MR) is 120 cm³/mol. The number of nitrogens with zero attached hydrogens (tertiary/aromatic N) is 5. The zero-order valence-corrected chi connectivity index (χ0v) is 17.6. The second kappa shape index (κ2) is 7.01. The number of imidazole rings is 1. The van der Waals surface area contributed by atoms with Gasteiger partial charge in [0, 0.05) is 35.6 Å². The number of aromatic amines is 2. The zero-order chi connectivity index (χ0) is 21.8. The Bertz CT molecular complexity index is 1460. The summed E-state index contributed by atoms with van der Waals surface area (Å²) in [5.74, 6) is 1.70. The van der Waals surface area contributed by atoms with Gasteiger partial charge in [-0.25, -0.2) is 14.1 Å². The van der Waals surface area contributed by atoms with Crippen LogP contribution in [-0.2, 0) is 7.05 Å². The second-order valence-electron chi connectivity index (χ2n) is 8.25. The van der Waals surface area contributed by atoms with E-state index in [1.807, 2.05) is 38.4 Å². The van der Waals surface area contributed by atoms with Gasteiger partial charge in [0.05, 0.1) is 17.3 Å². The first-order valence-corrected chi connectivity index (χ1v) is 10.5. The van der Waals surface area contributed by atoms with E-state index in [1.165, 1.54) is 24.5 Å². The second-order valence-corrected chi connectivity index (χ2v) is 8.25. The lowest BCUT2D eigenvalue weighted by Gasteiger charge is -2.11. The summed E-state index contributed by atoms with van der Waals surface area (Å²) in [7, 11) is 1.82. The molecule has 0 aliphatic heterocycles. The number of nitrogens with one attached hydrogen (secondary N) is 3. The third-order valence-electron chi connectivity index (χ3n) is 5.85. The number of hydrogen-bond donors (Lipinski definition) is 3. The summed E-state index contributed by atoms with van der Waals surface area (Å²) >= 11 is 0. The van der Waals surface area contributed by atoms with Crippen molar-refractivity contribution in [2.45, 2.75) is 25.7 Å². The van der Waals surface area contributed by atoms with Crippen LogP contribution in [0.4, 0.5) is 16.0 Å². The number of aromatic nitrogens is 7. The van der Waals surface area contributed by atoms with Crippen LogP contribution in [0.3, 0.4) is 0 Å². The van der Waals surface area contributed by atoms with Crippen LogP contribution in [0.2, 0.25) is 0 Å². The lowest BCUT2D eigenvalue weighted by molar-refractivity contribution is 0.630. The molecule has 160 valence electrons. The Hall–Kier alpha value is -4.01. The van der Waals surface area contributed by atoms with Gasteiger partial charge in [0.2, 0.25) is 5.95 Å². The molecule has 0 radical (unpaired) electrons. The summed E-state index contributed by atoms with van der Waals surface area (Å²) < 4.78 is 16.5. The normalized spacial score (nSPS) is 13.7. The smallest absolute Gasteiger partial charge is 0.225 e. The number of H-pyrrole nitrogens is 2. The van der Waals surface area contributed by atoms with Crippen molar-refractivity contribution in [2.75, 3.05) is 5.32 Å². The number of fused-ring (bicyclic) bond motifs is 1. The topological polar surface area (TPSA) is 100 Å². The van der Waals surface area contributed by atoms with Gasteiger partial charge in [0.25, 0.3) is 0 Å². The fourth-order valence-electron chi connectivity index (χ4n) is 4.09. The van der Waals surface area contributed by atoms with Crippen LogP contribution in [0.1, 0.15) is 30.0 Å². The molecule has 9 heteroatoms. The van der Waals surface area contributed by atoms with Crippen molar-refractivity contribution >= 4 is 22.5 Å². The molecule has 0 amide bonds. The fourth-order valence-corrected chi connectivity index (χ4v) is 4.09. The number of halogens is 1. The van der Waals surface area contributed by atoms with E-state index in [9.17, 15) is 4.39 Å². The Morgan fingerprint density at radius 3 is 2.78 bits per heavy atom. The summed E-state index contributed by atoms with van der Waals surface area (Å²) in [6.07, 6.45) is 5.90. The molecule has 0 unspecified atom stereocenters. The molecule has 0 bridgehead atoms. The van der Waals surface area contributed by atoms with Crippen molar-refractivity contribution in [3.63, 3.8) is 0 Å². The number of anilines is 2. The maximum atomic E-state index is 14.8. The molecule has 1 aliphatic carbocycles. The zero-order valence-electron chi connectivity index (χ0n) is 17.6. The van der Waals surface area contributed by atoms with Gasteiger partial charge in [-0.15, -0.1) is 5.10 Å². The summed E-state index contributed by atoms with van der Waals surface area (Å²) in [5, 5.41) is 16.3. The fraction of sp³-hybridized carbons (Fsp3) is 0.217. The SMILES string of the molecule is Cc1cnc(-c2ccc(-c3nc(Nc4ccc5[nH]ncc5c4C4CC4)n(C)n3)cc2F)[nH]1. The van der Waals surface area contributed by atoms with Gasteiger partial charge in [-0.05, 0) is 55.5 Å². The predicted octanol–water partition coefficient (Wildman–Crippen LogP) is 4.82. The van der Waals surface area contributed by atoms with Crippen LogP contribution < -0.4 is 5.32 Å². The van der Waals surface area contributed by atoms with Gasteiger partial charge in [-0.1, -0.05) is 6.07 Å². The lowest BCUT2D eigenvalue weighted by atomic mass is 10.0. The standard InChI is InChI=1S/C23H21FN8/c1-12-10-25-22(27-12)15-6-5-14(9-17(15)24)21-29-23(32(2)31-21)28-19-8-7-18-16(11-26-30-18)20(19)13-3-4-13/h5-11,13H,3-4H2,1-2H3,(H,25,27)(H,26,30)(H,28,29,31). The average Bonchev–Trinajstić information content (AvgIpc) is 3.15. The molecule has 1 aliphatic rings. The van der Waals surface area contributed by atoms with Gasteiger partial charge in [0.15, 0.2) is 5.82 Å². The average molecular weight is 428 g/mol. The van der Waals surface area contributed by atoms with Crippen molar-refractivity contribution < 1.29 is 4.39 Å². The third-order valence-corrected chi connectivity index (χ3v) is 5.85. The molecule has 3 N–H and O–H groups in total. The first kappa shape index (κ1) is 18.7. The van der Waals surface area contributed by atoms with E-state index < -0.39 is 0 Å². The van der Waals surface area contributed by atoms with Crippen LogP contribution in [0.15, 0.2) is 42.7 Å². The quantitative estimate of drug-likeness (QED) is 0.373. The molecule has 6 rings (SSSR count). The highest BCUT2D eigenvalue weighted by Gasteiger charge is 2.29. The highest BCUT2D eigenvalue weighted by Crippen LogP contribution is 2.47. The van der Waals surface area contributed by atoms with E-state index in [0.717, 1.165) is 22.3 Å². The summed E-state index contributed by atoms with van der Waals surface area (Å²) in [6.45, 7) is 1.88. The highest BCUT2D eigenvalue weighted by atomic mass is 19.1. The molecule has 8 nitrogen and oxygen atoms in total. The largest absolute Gasteiger partial charge is 0.342 e. The highest BCUT2D eigenvalue weighted by molar-refractivity contribution is 5.89. The van der Waals surface area contributed by atoms with Crippen LogP contribution >= 0.6 is 0 Å². The first-order chi connectivity index (χ1) is 15.6. The molecule has 1 saturated carbocycles. The minimum Gasteiger partial charge on any atom is -0.342 e. The molecular weight excluding hydrogens is 407 g/mol. The van der Waals surface area contributed by atoms with E-state index in [-0.39, 0.29) is 5.82 Å². The molecule has 0 saturated heterocycles. The third kappa shape index (κ3) is 3.13. The Morgan fingerprint density at radius 2 is 2.03 bits per heavy atom. The van der Waals surface area contributed by atoms with Crippen LogP contribution in [0, 0.1) is 12.7 Å². The van der Waals surface area contributed by atoms with Gasteiger partial charge >= 0.3 is 0 Å². The lowest BCUT2D eigenvalue weighted by Crippen LogP contribution is -2.02. The van der Waals surface area contributed by atoms with E-state index >= 15 is 0 Å². The van der Waals surface area contributed by atoms with Crippen molar-refractivity contribution in [2.24, 2.45) is 7.05 Å². The molecule has 32 heavy (non-hydrogen) atoms. The molecule has 3 heterocycles. The number of benzene rings is 2. The molecule has 0 atom stereocenters. The van der Waals surface area contributed by atoms with Gasteiger partial charge in [-0.2, -0.15) is 10.1 Å². The molecule has 3 aromatic heterocycles. The van der Waals surface area contributed by atoms with E-state index in [0.29, 0.717) is 34.6 Å². The molecular formula is C23H21FN8. The molecule has 0 spiro atoms.